The minimum Gasteiger partial charge on any atom is -0.380 e. The molecule has 0 radical (unpaired) electrons. The number of hydrogen-bond donors (Lipinski definition) is 1. The lowest BCUT2D eigenvalue weighted by molar-refractivity contribution is -0.174. The Bertz CT molecular complexity index is 270. The summed E-state index contributed by atoms with van der Waals surface area (Å²) in [5.74, 6) is 0.0817. The first-order chi connectivity index (χ1) is 5.49. The molecule has 1 heterocycles. The molecule has 12 heavy (non-hydrogen) atoms. The Balaban J connectivity index is 1.82. The van der Waals surface area contributed by atoms with Gasteiger partial charge >= 0.3 is 0 Å². The average molecular weight is 192 g/mol. The van der Waals surface area contributed by atoms with Gasteiger partial charge in [0.15, 0.2) is 0 Å². The molecular weight excluding hydrogens is 180 g/mol. The van der Waals surface area contributed by atoms with Gasteiger partial charge in [-0.1, -0.05) is 0 Å². The topological polar surface area (TPSA) is 63.6 Å². The van der Waals surface area contributed by atoms with Gasteiger partial charge in [0.05, 0.1) is 19.0 Å². The van der Waals surface area contributed by atoms with Crippen LogP contribution in [0.1, 0.15) is 12.8 Å². The van der Waals surface area contributed by atoms with Crippen molar-refractivity contribution in [3.8, 4) is 0 Å². The first-order valence-electron chi connectivity index (χ1n) is 4.02. The van der Waals surface area contributed by atoms with Crippen LogP contribution >= 0.6 is 0 Å². The van der Waals surface area contributed by atoms with Crippen LogP contribution in [0.3, 0.4) is 0 Å². The smallest absolute Gasteiger partial charge is 0.265 e. The standard InChI is InChI=1S/C7H12O4S/c8-12(9,10)3-6-1-7(2-6)4-11-5-7/h6H,1-5H2,(H,8,9,10). The molecule has 1 saturated heterocycles. The highest BCUT2D eigenvalue weighted by atomic mass is 32.2. The van der Waals surface area contributed by atoms with Crippen LogP contribution in [0.5, 0.6) is 0 Å². The molecule has 5 heteroatoms. The van der Waals surface area contributed by atoms with Crippen molar-refractivity contribution in [3.63, 3.8) is 0 Å². The summed E-state index contributed by atoms with van der Waals surface area (Å²) in [6.45, 7) is 1.55. The predicted octanol–water partition coefficient (Wildman–Crippen LogP) is 0.301. The Kier molecular flexibility index (Phi) is 1.72. The second-order valence-electron chi connectivity index (χ2n) is 4.02. The zero-order chi connectivity index (χ0) is 8.82. The van der Waals surface area contributed by atoms with E-state index in [1.165, 1.54) is 0 Å². The number of rotatable bonds is 2. The van der Waals surface area contributed by atoms with Crippen molar-refractivity contribution < 1.29 is 17.7 Å². The molecule has 0 bridgehead atoms. The van der Waals surface area contributed by atoms with Gasteiger partial charge in [-0.25, -0.2) is 0 Å². The van der Waals surface area contributed by atoms with Crippen molar-refractivity contribution >= 4 is 10.1 Å². The zero-order valence-electron chi connectivity index (χ0n) is 6.69. The van der Waals surface area contributed by atoms with Gasteiger partial charge in [0.2, 0.25) is 0 Å². The predicted molar refractivity (Wildman–Crippen MR) is 42.4 cm³/mol. The molecular formula is C7H12O4S. The maximum Gasteiger partial charge on any atom is 0.265 e. The maximum atomic E-state index is 10.5. The Morgan fingerprint density at radius 2 is 2.00 bits per heavy atom. The Labute approximate surface area is 71.7 Å². The van der Waals surface area contributed by atoms with E-state index < -0.39 is 10.1 Å². The molecule has 0 aromatic rings. The molecule has 0 aromatic heterocycles. The number of ether oxygens (including phenoxy) is 1. The van der Waals surface area contributed by atoms with E-state index in [9.17, 15) is 8.42 Å². The van der Waals surface area contributed by atoms with Crippen LogP contribution in [-0.4, -0.2) is 31.9 Å². The van der Waals surface area contributed by atoms with E-state index in [1.54, 1.807) is 0 Å². The van der Waals surface area contributed by atoms with Crippen LogP contribution < -0.4 is 0 Å². The third kappa shape index (κ3) is 1.48. The summed E-state index contributed by atoms with van der Waals surface area (Å²) < 4.78 is 34.6. The molecule has 2 aliphatic rings. The lowest BCUT2D eigenvalue weighted by Crippen LogP contribution is -2.53. The number of hydrogen-bond acceptors (Lipinski definition) is 3. The van der Waals surface area contributed by atoms with E-state index in [4.69, 9.17) is 9.29 Å². The van der Waals surface area contributed by atoms with E-state index in [2.05, 4.69) is 0 Å². The molecule has 2 fully saturated rings. The summed E-state index contributed by atoms with van der Waals surface area (Å²) in [6, 6.07) is 0. The quantitative estimate of drug-likeness (QED) is 0.639. The summed E-state index contributed by atoms with van der Waals surface area (Å²) >= 11 is 0. The molecule has 70 valence electrons. The summed E-state index contributed by atoms with van der Waals surface area (Å²) in [5, 5.41) is 0. The van der Waals surface area contributed by atoms with Gasteiger partial charge in [0.25, 0.3) is 10.1 Å². The zero-order valence-corrected chi connectivity index (χ0v) is 7.51. The van der Waals surface area contributed by atoms with Crippen molar-refractivity contribution in [1.82, 2.24) is 0 Å². The third-order valence-corrected chi connectivity index (χ3v) is 3.60. The van der Waals surface area contributed by atoms with Crippen LogP contribution in [0.2, 0.25) is 0 Å². The van der Waals surface area contributed by atoms with Gasteiger partial charge < -0.3 is 4.74 Å². The molecule has 1 saturated carbocycles. The summed E-state index contributed by atoms with van der Waals surface area (Å²) in [7, 11) is -3.76. The fourth-order valence-electron chi connectivity index (χ4n) is 2.21. The van der Waals surface area contributed by atoms with Crippen molar-refractivity contribution in [3.05, 3.63) is 0 Å². The summed E-state index contributed by atoms with van der Waals surface area (Å²) in [5.41, 5.74) is 0.287. The monoisotopic (exact) mass is 192 g/mol. The lowest BCUT2D eigenvalue weighted by Gasteiger charge is -2.53. The minimum absolute atomic E-state index is 0.0747. The summed E-state index contributed by atoms with van der Waals surface area (Å²) in [4.78, 5) is 0. The van der Waals surface area contributed by atoms with Gasteiger partial charge in [-0.2, -0.15) is 8.42 Å². The average Bonchev–Trinajstić information content (AvgIpc) is 1.69. The van der Waals surface area contributed by atoms with Crippen LogP contribution in [0.4, 0.5) is 0 Å². The Morgan fingerprint density at radius 1 is 1.42 bits per heavy atom. The molecule has 1 aliphatic carbocycles. The van der Waals surface area contributed by atoms with Crippen LogP contribution in [0.25, 0.3) is 0 Å². The molecule has 0 atom stereocenters. The molecule has 0 amide bonds. The normalized spacial score (nSPS) is 28.1. The van der Waals surface area contributed by atoms with Gasteiger partial charge in [-0.05, 0) is 18.8 Å². The second kappa shape index (κ2) is 2.43. The van der Waals surface area contributed by atoms with E-state index in [1.807, 2.05) is 0 Å². The summed E-state index contributed by atoms with van der Waals surface area (Å²) in [6.07, 6.45) is 1.79. The van der Waals surface area contributed by atoms with Crippen LogP contribution in [-0.2, 0) is 14.9 Å². The third-order valence-electron chi connectivity index (χ3n) is 2.71. The first-order valence-corrected chi connectivity index (χ1v) is 5.63. The van der Waals surface area contributed by atoms with Gasteiger partial charge in [0.1, 0.15) is 0 Å². The molecule has 4 nitrogen and oxygen atoms in total. The highest BCUT2D eigenvalue weighted by molar-refractivity contribution is 7.85. The highest BCUT2D eigenvalue weighted by Gasteiger charge is 2.50. The molecule has 0 unspecified atom stereocenters. The van der Waals surface area contributed by atoms with Crippen molar-refractivity contribution in [2.75, 3.05) is 19.0 Å². The molecule has 1 aliphatic heterocycles. The van der Waals surface area contributed by atoms with E-state index in [-0.39, 0.29) is 17.1 Å². The van der Waals surface area contributed by atoms with Gasteiger partial charge in [-0.15, -0.1) is 0 Å². The maximum absolute atomic E-state index is 10.5. The van der Waals surface area contributed by atoms with Crippen molar-refractivity contribution in [2.45, 2.75) is 12.8 Å². The first kappa shape index (κ1) is 8.47. The largest absolute Gasteiger partial charge is 0.380 e. The molecule has 0 aromatic carbocycles. The molecule has 1 spiro atoms. The lowest BCUT2D eigenvalue weighted by atomic mass is 9.61. The van der Waals surface area contributed by atoms with Crippen molar-refractivity contribution in [2.24, 2.45) is 11.3 Å². The van der Waals surface area contributed by atoms with Crippen LogP contribution in [0.15, 0.2) is 0 Å². The molecule has 2 rings (SSSR count). The fourth-order valence-corrected chi connectivity index (χ4v) is 3.04. The minimum atomic E-state index is -3.76. The van der Waals surface area contributed by atoms with E-state index >= 15 is 0 Å². The van der Waals surface area contributed by atoms with E-state index in [0.717, 1.165) is 26.1 Å². The Hall–Kier alpha value is -0.130. The molecule has 1 N–H and O–H groups in total. The van der Waals surface area contributed by atoms with Crippen molar-refractivity contribution in [1.29, 1.82) is 0 Å². The Morgan fingerprint density at radius 3 is 2.33 bits per heavy atom. The van der Waals surface area contributed by atoms with Crippen LogP contribution in [0, 0.1) is 11.3 Å². The second-order valence-corrected chi connectivity index (χ2v) is 5.51. The van der Waals surface area contributed by atoms with Gasteiger partial charge in [-0.3, -0.25) is 4.55 Å². The highest BCUT2D eigenvalue weighted by Crippen LogP contribution is 2.50. The van der Waals surface area contributed by atoms with E-state index in [0.29, 0.717) is 0 Å². The van der Waals surface area contributed by atoms with Gasteiger partial charge in [0, 0.05) is 5.41 Å². The fraction of sp³-hybridized carbons (Fsp3) is 1.00. The SMILES string of the molecule is O=S(=O)(O)CC1CC2(COC2)C1.